The molecule has 0 aliphatic carbocycles. The Kier molecular flexibility index (Phi) is 4.23. The molecule has 2 aromatic heterocycles. The average Bonchev–Trinajstić information content (AvgIpc) is 2.99. The van der Waals surface area contributed by atoms with Crippen molar-refractivity contribution in [3.05, 3.63) is 42.9 Å². The van der Waals surface area contributed by atoms with Crippen molar-refractivity contribution in [3.8, 4) is 16.9 Å². The van der Waals surface area contributed by atoms with Crippen LogP contribution >= 0.6 is 0 Å². The van der Waals surface area contributed by atoms with Crippen molar-refractivity contribution in [2.45, 2.75) is 6.92 Å². The summed E-state index contributed by atoms with van der Waals surface area (Å²) in [5.74, 6) is 0.227. The molecule has 0 spiro atoms. The maximum atomic E-state index is 11.4. The summed E-state index contributed by atoms with van der Waals surface area (Å²) >= 11 is 0. The van der Waals surface area contributed by atoms with Crippen LogP contribution in [0, 0.1) is 0 Å². The molecule has 3 rings (SSSR count). The molecule has 0 aliphatic rings. The van der Waals surface area contributed by atoms with Crippen LogP contribution in [0.15, 0.2) is 42.9 Å². The molecule has 0 saturated heterocycles. The fourth-order valence-electron chi connectivity index (χ4n) is 2.27. The number of carbonyl (C=O) groups excluding carboxylic acids is 1. The minimum atomic E-state index is -0.380. The summed E-state index contributed by atoms with van der Waals surface area (Å²) in [5, 5.41) is 5.11. The van der Waals surface area contributed by atoms with Gasteiger partial charge < -0.3 is 9.47 Å². The van der Waals surface area contributed by atoms with E-state index in [0.717, 1.165) is 22.0 Å². The average molecular weight is 311 g/mol. The summed E-state index contributed by atoms with van der Waals surface area (Å²) in [4.78, 5) is 15.8. The first-order valence-electron chi connectivity index (χ1n) is 7.33. The van der Waals surface area contributed by atoms with Crippen LogP contribution in [-0.2, 0) is 16.6 Å². The van der Waals surface area contributed by atoms with E-state index in [1.807, 2.05) is 37.6 Å². The molecule has 3 aromatic rings. The number of hydrogen-bond acceptors (Lipinski definition) is 5. The van der Waals surface area contributed by atoms with E-state index >= 15 is 0 Å². The van der Waals surface area contributed by atoms with Gasteiger partial charge in [-0.1, -0.05) is 0 Å². The number of carbonyl (C=O) groups is 1. The molecule has 0 radical (unpaired) electrons. The summed E-state index contributed by atoms with van der Waals surface area (Å²) in [7, 11) is 1.87. The fraction of sp³-hybridized carbons (Fsp3) is 0.235. The first-order valence-corrected chi connectivity index (χ1v) is 7.33. The zero-order valence-electron chi connectivity index (χ0n) is 13.0. The van der Waals surface area contributed by atoms with Gasteiger partial charge in [-0.3, -0.25) is 9.67 Å². The largest absolute Gasteiger partial charge is 0.482 e. The Labute approximate surface area is 133 Å². The second-order valence-electron chi connectivity index (χ2n) is 5.07. The van der Waals surface area contributed by atoms with E-state index in [-0.39, 0.29) is 12.6 Å². The summed E-state index contributed by atoms with van der Waals surface area (Å²) in [6, 6.07) is 7.54. The van der Waals surface area contributed by atoms with Gasteiger partial charge in [-0.2, -0.15) is 5.10 Å². The van der Waals surface area contributed by atoms with Gasteiger partial charge in [0.1, 0.15) is 5.75 Å². The Balaban J connectivity index is 1.84. The number of aromatic nitrogens is 3. The van der Waals surface area contributed by atoms with Crippen molar-refractivity contribution in [2.75, 3.05) is 13.2 Å². The number of fused-ring (bicyclic) bond motifs is 1. The summed E-state index contributed by atoms with van der Waals surface area (Å²) in [5.41, 5.74) is 2.84. The van der Waals surface area contributed by atoms with Crippen molar-refractivity contribution in [2.24, 2.45) is 7.05 Å². The Hall–Kier alpha value is -2.89. The van der Waals surface area contributed by atoms with Gasteiger partial charge in [-0.05, 0) is 31.2 Å². The van der Waals surface area contributed by atoms with E-state index in [1.54, 1.807) is 23.9 Å². The van der Waals surface area contributed by atoms with Gasteiger partial charge in [-0.15, -0.1) is 0 Å². The summed E-state index contributed by atoms with van der Waals surface area (Å²) in [6.07, 6.45) is 5.55. The Morgan fingerprint density at radius 3 is 2.83 bits per heavy atom. The molecule has 0 fully saturated rings. The lowest BCUT2D eigenvalue weighted by Crippen LogP contribution is -2.14. The van der Waals surface area contributed by atoms with E-state index in [2.05, 4.69) is 10.1 Å². The molecule has 0 aliphatic heterocycles. The van der Waals surface area contributed by atoms with Crippen LogP contribution in [0.5, 0.6) is 5.75 Å². The summed E-state index contributed by atoms with van der Waals surface area (Å²) in [6.45, 7) is 2.01. The normalized spacial score (nSPS) is 10.7. The number of ether oxygens (including phenoxy) is 2. The van der Waals surface area contributed by atoms with Crippen LogP contribution in [0.4, 0.5) is 0 Å². The quantitative estimate of drug-likeness (QED) is 0.678. The SMILES string of the molecule is CCOC(=O)COc1ccc2ncc(-c3cnn(C)c3)cc2c1. The Bertz CT molecular complexity index is 842. The molecule has 23 heavy (non-hydrogen) atoms. The molecule has 6 heteroatoms. The Morgan fingerprint density at radius 2 is 2.09 bits per heavy atom. The smallest absolute Gasteiger partial charge is 0.344 e. The van der Waals surface area contributed by atoms with Gasteiger partial charge in [0.25, 0.3) is 0 Å². The van der Waals surface area contributed by atoms with Crippen LogP contribution in [0.3, 0.4) is 0 Å². The second-order valence-corrected chi connectivity index (χ2v) is 5.07. The fourth-order valence-corrected chi connectivity index (χ4v) is 2.27. The molecular formula is C17H17N3O3. The second kappa shape index (κ2) is 6.48. The maximum absolute atomic E-state index is 11.4. The molecule has 118 valence electrons. The Morgan fingerprint density at radius 1 is 1.22 bits per heavy atom. The zero-order valence-corrected chi connectivity index (χ0v) is 13.0. The minimum Gasteiger partial charge on any atom is -0.482 e. The molecule has 1 aromatic carbocycles. The monoisotopic (exact) mass is 311 g/mol. The zero-order chi connectivity index (χ0) is 16.2. The highest BCUT2D eigenvalue weighted by Crippen LogP contribution is 2.25. The topological polar surface area (TPSA) is 66.2 Å². The molecule has 0 unspecified atom stereocenters. The lowest BCUT2D eigenvalue weighted by molar-refractivity contribution is -0.145. The maximum Gasteiger partial charge on any atom is 0.344 e. The first-order chi connectivity index (χ1) is 11.2. The minimum absolute atomic E-state index is 0.102. The summed E-state index contributed by atoms with van der Waals surface area (Å²) < 4.78 is 12.1. The van der Waals surface area contributed by atoms with Crippen LogP contribution in [-0.4, -0.2) is 33.9 Å². The molecule has 0 N–H and O–H groups in total. The first kappa shape index (κ1) is 15.0. The third-order valence-corrected chi connectivity index (χ3v) is 3.35. The molecule has 0 amide bonds. The predicted molar refractivity (Wildman–Crippen MR) is 86.1 cm³/mol. The van der Waals surface area contributed by atoms with Crippen molar-refractivity contribution in [1.82, 2.24) is 14.8 Å². The number of nitrogens with zero attached hydrogens (tertiary/aromatic N) is 3. The molecule has 0 bridgehead atoms. The third kappa shape index (κ3) is 3.48. The highest BCUT2D eigenvalue weighted by molar-refractivity contribution is 5.84. The van der Waals surface area contributed by atoms with Gasteiger partial charge in [0.15, 0.2) is 6.61 Å². The number of pyridine rings is 1. The lowest BCUT2D eigenvalue weighted by atomic mass is 10.1. The molecule has 2 heterocycles. The van der Waals surface area contributed by atoms with Crippen molar-refractivity contribution in [1.29, 1.82) is 0 Å². The van der Waals surface area contributed by atoms with Crippen LogP contribution in [0.25, 0.3) is 22.0 Å². The highest BCUT2D eigenvalue weighted by atomic mass is 16.6. The van der Waals surface area contributed by atoms with Gasteiger partial charge in [0, 0.05) is 36.0 Å². The number of benzene rings is 1. The van der Waals surface area contributed by atoms with E-state index < -0.39 is 0 Å². The molecule has 6 nitrogen and oxygen atoms in total. The van der Waals surface area contributed by atoms with E-state index in [9.17, 15) is 4.79 Å². The highest BCUT2D eigenvalue weighted by Gasteiger charge is 2.06. The van der Waals surface area contributed by atoms with Gasteiger partial charge in [-0.25, -0.2) is 4.79 Å². The van der Waals surface area contributed by atoms with Crippen molar-refractivity contribution >= 4 is 16.9 Å². The number of esters is 1. The van der Waals surface area contributed by atoms with Crippen molar-refractivity contribution < 1.29 is 14.3 Å². The predicted octanol–water partition coefficient (Wildman–Crippen LogP) is 2.58. The van der Waals surface area contributed by atoms with Crippen LogP contribution in [0.2, 0.25) is 0 Å². The van der Waals surface area contributed by atoms with E-state index in [4.69, 9.17) is 9.47 Å². The third-order valence-electron chi connectivity index (χ3n) is 3.35. The van der Waals surface area contributed by atoms with Crippen LogP contribution in [0.1, 0.15) is 6.92 Å². The van der Waals surface area contributed by atoms with Gasteiger partial charge in [0.2, 0.25) is 0 Å². The number of hydrogen-bond donors (Lipinski definition) is 0. The molecule has 0 saturated carbocycles. The van der Waals surface area contributed by atoms with E-state index in [1.165, 1.54) is 0 Å². The van der Waals surface area contributed by atoms with E-state index in [0.29, 0.717) is 12.4 Å². The molecular weight excluding hydrogens is 294 g/mol. The van der Waals surface area contributed by atoms with Gasteiger partial charge >= 0.3 is 5.97 Å². The number of rotatable bonds is 5. The van der Waals surface area contributed by atoms with Gasteiger partial charge in [0.05, 0.1) is 18.3 Å². The standard InChI is InChI=1S/C17H17N3O3/c1-3-22-17(21)11-23-15-4-5-16-12(7-15)6-13(8-18-16)14-9-19-20(2)10-14/h4-10H,3,11H2,1-2H3. The molecule has 0 atom stereocenters. The lowest BCUT2D eigenvalue weighted by Gasteiger charge is -2.07. The number of aryl methyl sites for hydroxylation is 1. The van der Waals surface area contributed by atoms with Crippen LogP contribution < -0.4 is 4.74 Å². The van der Waals surface area contributed by atoms with Crippen molar-refractivity contribution in [3.63, 3.8) is 0 Å².